The molecule has 6 heteroatoms. The molecule has 1 aliphatic heterocycles. The molecule has 0 unspecified atom stereocenters. The molecule has 0 spiro atoms. The Balaban J connectivity index is 1.13. The second-order valence-electron chi connectivity index (χ2n) is 17.0. The van der Waals surface area contributed by atoms with E-state index in [4.69, 9.17) is 19.7 Å². The third-order valence-electron chi connectivity index (χ3n) is 12.8. The minimum absolute atomic E-state index is 0.0740. The Labute approximate surface area is 344 Å². The Bertz CT molecular complexity index is 3060. The molecule has 9 aromatic rings. The highest BCUT2D eigenvalue weighted by Gasteiger charge is 2.39. The van der Waals surface area contributed by atoms with Crippen LogP contribution in [0.2, 0.25) is 0 Å². The smallest absolute Gasteiger partial charge is 0.217 e. The molecule has 5 aromatic carbocycles. The van der Waals surface area contributed by atoms with Crippen LogP contribution in [0.15, 0.2) is 151 Å². The second-order valence-corrected chi connectivity index (χ2v) is 17.0. The molecule has 2 aliphatic rings. The summed E-state index contributed by atoms with van der Waals surface area (Å²) < 4.78 is 11.8. The van der Waals surface area contributed by atoms with Crippen molar-refractivity contribution in [1.29, 1.82) is 0 Å². The molecule has 0 saturated heterocycles. The summed E-state index contributed by atoms with van der Waals surface area (Å²) in [5.74, 6) is 1.64. The Morgan fingerprint density at radius 2 is 1.37 bits per heavy atom. The molecule has 0 amide bonds. The fourth-order valence-corrected chi connectivity index (χ4v) is 9.87. The van der Waals surface area contributed by atoms with Crippen LogP contribution in [-0.2, 0) is 4.74 Å². The lowest BCUT2D eigenvalue weighted by Gasteiger charge is -2.29. The lowest BCUT2D eigenvalue weighted by molar-refractivity contribution is 0.150. The van der Waals surface area contributed by atoms with E-state index in [0.717, 1.165) is 55.8 Å². The molecule has 1 aliphatic carbocycles. The SMILES string of the molecule is Cc1ccc2c(c1)c1ccc(-n3c4ccc(C(C)C)cc4c4cccnc43)cc1n2-c1cc(C2=N[C@H](C3CCCCC3)[C@@H](c3ccccc3)O2)cc(-c2ccccn2)c1. The van der Waals surface area contributed by atoms with E-state index in [1.807, 2.05) is 24.5 Å². The van der Waals surface area contributed by atoms with E-state index < -0.39 is 0 Å². The maximum atomic E-state index is 7.04. The number of nitrogens with zero attached hydrogens (tertiary/aromatic N) is 5. The zero-order valence-corrected chi connectivity index (χ0v) is 33.8. The minimum atomic E-state index is -0.119. The molecule has 59 heavy (non-hydrogen) atoms. The third kappa shape index (κ3) is 6.12. The first kappa shape index (κ1) is 35.6. The summed E-state index contributed by atoms with van der Waals surface area (Å²) in [4.78, 5) is 15.3. The van der Waals surface area contributed by atoms with Crippen molar-refractivity contribution in [3.63, 3.8) is 0 Å². The fourth-order valence-electron chi connectivity index (χ4n) is 9.87. The zero-order chi connectivity index (χ0) is 39.6. The molecule has 4 aromatic heterocycles. The standard InChI is InChI=1S/C53H47N5O/c1-33(2)37-20-24-48-45(31-37)43-17-12-26-55-52(43)58(48)40-21-22-42-44-27-34(3)19-23-47(44)57(49(42)32-40)41-29-38(46-18-10-11-25-54-46)28-39(30-41)53-56-50(35-13-6-4-7-14-35)51(59-53)36-15-8-5-9-16-36/h5,8-12,15-33,35,50-51H,4,6-7,13-14H2,1-3H3/t50-,51-/m1/s1. The number of aliphatic imine (C=N–C) groups is 1. The van der Waals surface area contributed by atoms with Crippen LogP contribution in [0.25, 0.3) is 66.4 Å². The quantitative estimate of drug-likeness (QED) is 0.162. The molecule has 2 atom stereocenters. The van der Waals surface area contributed by atoms with Crippen molar-refractivity contribution in [2.45, 2.75) is 70.9 Å². The summed E-state index contributed by atoms with van der Waals surface area (Å²) in [5.41, 5.74) is 13.1. The van der Waals surface area contributed by atoms with Crippen molar-refractivity contribution in [2.75, 3.05) is 0 Å². The van der Waals surface area contributed by atoms with E-state index in [2.05, 4.69) is 151 Å². The Hall–Kier alpha value is -6.53. The van der Waals surface area contributed by atoms with Crippen molar-refractivity contribution in [2.24, 2.45) is 10.9 Å². The molecule has 0 N–H and O–H groups in total. The summed E-state index contributed by atoms with van der Waals surface area (Å²) >= 11 is 0. The predicted octanol–water partition coefficient (Wildman–Crippen LogP) is 13.2. The normalized spacial score (nSPS) is 17.4. The van der Waals surface area contributed by atoms with E-state index in [-0.39, 0.29) is 12.1 Å². The highest BCUT2D eigenvalue weighted by Crippen LogP contribution is 2.42. The first-order valence-corrected chi connectivity index (χ1v) is 21.3. The predicted molar refractivity (Wildman–Crippen MR) is 242 cm³/mol. The maximum Gasteiger partial charge on any atom is 0.217 e. The van der Waals surface area contributed by atoms with E-state index in [9.17, 15) is 0 Å². The zero-order valence-electron chi connectivity index (χ0n) is 33.8. The lowest BCUT2D eigenvalue weighted by atomic mass is 9.81. The molecule has 0 radical (unpaired) electrons. The monoisotopic (exact) mass is 769 g/mol. The Morgan fingerprint density at radius 1 is 0.593 bits per heavy atom. The van der Waals surface area contributed by atoms with Crippen LogP contribution in [0.3, 0.4) is 0 Å². The molecule has 0 bridgehead atoms. The van der Waals surface area contributed by atoms with Crippen LogP contribution in [0.1, 0.15) is 80.2 Å². The maximum absolute atomic E-state index is 7.04. The van der Waals surface area contributed by atoms with E-state index >= 15 is 0 Å². The van der Waals surface area contributed by atoms with Gasteiger partial charge in [0.15, 0.2) is 0 Å². The molecule has 6 nitrogen and oxygen atoms in total. The van der Waals surface area contributed by atoms with Gasteiger partial charge >= 0.3 is 0 Å². The molecular formula is C53H47N5O. The van der Waals surface area contributed by atoms with Gasteiger partial charge in [0.25, 0.3) is 0 Å². The van der Waals surface area contributed by atoms with Gasteiger partial charge in [0.2, 0.25) is 5.90 Å². The van der Waals surface area contributed by atoms with Gasteiger partial charge in [0.1, 0.15) is 11.8 Å². The van der Waals surface area contributed by atoms with Crippen molar-refractivity contribution < 1.29 is 4.74 Å². The summed E-state index contributed by atoms with van der Waals surface area (Å²) in [6.07, 6.45) is 9.85. The van der Waals surface area contributed by atoms with Gasteiger partial charge < -0.3 is 9.30 Å². The topological polar surface area (TPSA) is 57.2 Å². The van der Waals surface area contributed by atoms with Crippen LogP contribution in [-0.4, -0.2) is 31.0 Å². The Kier molecular flexibility index (Phi) is 8.68. The Morgan fingerprint density at radius 3 is 2.20 bits per heavy atom. The summed E-state index contributed by atoms with van der Waals surface area (Å²) in [6.45, 7) is 6.68. The number of aromatic nitrogens is 4. The van der Waals surface area contributed by atoms with Crippen LogP contribution < -0.4 is 0 Å². The van der Waals surface area contributed by atoms with E-state index in [0.29, 0.717) is 17.7 Å². The number of aryl methyl sites for hydroxylation is 1. The van der Waals surface area contributed by atoms with E-state index in [1.165, 1.54) is 65.0 Å². The molecular weight excluding hydrogens is 723 g/mol. The largest absolute Gasteiger partial charge is 0.467 e. The average Bonchev–Trinajstić information content (AvgIpc) is 3.97. The van der Waals surface area contributed by atoms with Gasteiger partial charge in [-0.25, -0.2) is 9.98 Å². The molecule has 1 fully saturated rings. The van der Waals surface area contributed by atoms with Gasteiger partial charge in [-0.05, 0) is 122 Å². The molecule has 11 rings (SSSR count). The van der Waals surface area contributed by atoms with Crippen LogP contribution in [0, 0.1) is 12.8 Å². The fraction of sp³-hybridized carbons (Fsp3) is 0.226. The number of hydrogen-bond acceptors (Lipinski definition) is 4. The van der Waals surface area contributed by atoms with Crippen molar-refractivity contribution in [1.82, 2.24) is 19.1 Å². The number of fused-ring (bicyclic) bond motifs is 6. The number of rotatable bonds is 7. The second kappa shape index (κ2) is 14.4. The van der Waals surface area contributed by atoms with Gasteiger partial charge in [-0.1, -0.05) is 93.3 Å². The first-order chi connectivity index (χ1) is 29.0. The number of ether oxygens (including phenoxy) is 1. The lowest BCUT2D eigenvalue weighted by Crippen LogP contribution is -2.25. The summed E-state index contributed by atoms with van der Waals surface area (Å²) in [5, 5.41) is 4.80. The molecule has 5 heterocycles. The van der Waals surface area contributed by atoms with Gasteiger partial charge in [-0.3, -0.25) is 9.55 Å². The minimum Gasteiger partial charge on any atom is -0.467 e. The summed E-state index contributed by atoms with van der Waals surface area (Å²) in [6, 6.07) is 48.5. The highest BCUT2D eigenvalue weighted by atomic mass is 16.5. The van der Waals surface area contributed by atoms with E-state index in [1.54, 1.807) is 0 Å². The average molecular weight is 770 g/mol. The van der Waals surface area contributed by atoms with Crippen molar-refractivity contribution >= 4 is 49.6 Å². The number of benzene rings is 5. The number of hydrogen-bond donors (Lipinski definition) is 0. The van der Waals surface area contributed by atoms with Crippen LogP contribution in [0.5, 0.6) is 0 Å². The van der Waals surface area contributed by atoms with Crippen LogP contribution >= 0.6 is 0 Å². The number of pyridine rings is 2. The van der Waals surface area contributed by atoms with Gasteiger partial charge in [0, 0.05) is 56.4 Å². The third-order valence-corrected chi connectivity index (χ3v) is 12.8. The van der Waals surface area contributed by atoms with Crippen molar-refractivity contribution in [3.8, 4) is 22.6 Å². The molecule has 290 valence electrons. The van der Waals surface area contributed by atoms with Crippen molar-refractivity contribution in [3.05, 3.63) is 168 Å². The highest BCUT2D eigenvalue weighted by molar-refractivity contribution is 6.12. The van der Waals surface area contributed by atoms with Gasteiger partial charge in [-0.2, -0.15) is 0 Å². The summed E-state index contributed by atoms with van der Waals surface area (Å²) in [7, 11) is 0. The van der Waals surface area contributed by atoms with Gasteiger partial charge in [0.05, 0.1) is 28.3 Å². The first-order valence-electron chi connectivity index (χ1n) is 21.3. The van der Waals surface area contributed by atoms with Crippen LogP contribution in [0.4, 0.5) is 0 Å². The molecule has 1 saturated carbocycles. The van der Waals surface area contributed by atoms with Gasteiger partial charge in [-0.15, -0.1) is 0 Å².